The molecule has 0 aromatic carbocycles. The standard InChI is InChI=1S/C16H30N2O/c1-3-10-17-15-5-4-11-18(16(15)19)12-14-8-6-13(2)7-9-14/h13-15,17H,3-12H2,1-2H3. The third-order valence-electron chi connectivity index (χ3n) is 4.79. The number of rotatable bonds is 5. The Balaban J connectivity index is 1.80. The van der Waals surface area contributed by atoms with Gasteiger partial charge in [-0.25, -0.2) is 0 Å². The van der Waals surface area contributed by atoms with E-state index in [1.807, 2.05) is 0 Å². The van der Waals surface area contributed by atoms with Crippen molar-refractivity contribution in [3.8, 4) is 0 Å². The number of hydrogen-bond acceptors (Lipinski definition) is 2. The number of hydrogen-bond donors (Lipinski definition) is 1. The van der Waals surface area contributed by atoms with E-state index in [0.717, 1.165) is 50.7 Å². The molecule has 1 amide bonds. The van der Waals surface area contributed by atoms with E-state index in [2.05, 4.69) is 24.1 Å². The van der Waals surface area contributed by atoms with Crippen LogP contribution in [-0.2, 0) is 4.79 Å². The molecule has 1 heterocycles. The van der Waals surface area contributed by atoms with E-state index in [9.17, 15) is 4.79 Å². The van der Waals surface area contributed by atoms with Crippen molar-refractivity contribution in [2.24, 2.45) is 11.8 Å². The summed E-state index contributed by atoms with van der Waals surface area (Å²) >= 11 is 0. The van der Waals surface area contributed by atoms with Crippen LogP contribution in [0.1, 0.15) is 58.8 Å². The largest absolute Gasteiger partial charge is 0.341 e. The van der Waals surface area contributed by atoms with E-state index < -0.39 is 0 Å². The molecule has 2 fully saturated rings. The SMILES string of the molecule is CCCNC1CCCN(CC2CCC(C)CC2)C1=O. The second kappa shape index (κ2) is 7.28. The summed E-state index contributed by atoms with van der Waals surface area (Å²) in [4.78, 5) is 14.6. The summed E-state index contributed by atoms with van der Waals surface area (Å²) < 4.78 is 0. The topological polar surface area (TPSA) is 32.3 Å². The summed E-state index contributed by atoms with van der Waals surface area (Å²) in [5.41, 5.74) is 0. The molecule has 3 heteroatoms. The predicted octanol–water partition coefficient (Wildman–Crippen LogP) is 2.80. The third-order valence-corrected chi connectivity index (χ3v) is 4.79. The number of nitrogens with zero attached hydrogens (tertiary/aromatic N) is 1. The summed E-state index contributed by atoms with van der Waals surface area (Å²) in [6.45, 7) is 7.46. The maximum absolute atomic E-state index is 12.4. The highest BCUT2D eigenvalue weighted by molar-refractivity contribution is 5.82. The summed E-state index contributed by atoms with van der Waals surface area (Å²) in [5.74, 6) is 2.01. The van der Waals surface area contributed by atoms with Crippen molar-refractivity contribution in [3.05, 3.63) is 0 Å². The lowest BCUT2D eigenvalue weighted by Gasteiger charge is -2.36. The van der Waals surface area contributed by atoms with Crippen molar-refractivity contribution >= 4 is 5.91 Å². The van der Waals surface area contributed by atoms with Crippen molar-refractivity contribution in [1.29, 1.82) is 0 Å². The molecular formula is C16H30N2O. The third kappa shape index (κ3) is 4.20. The van der Waals surface area contributed by atoms with Gasteiger partial charge in [0.25, 0.3) is 0 Å². The van der Waals surface area contributed by atoms with Gasteiger partial charge in [-0.1, -0.05) is 26.7 Å². The number of amides is 1. The molecule has 1 unspecified atom stereocenters. The average Bonchev–Trinajstić information content (AvgIpc) is 2.42. The molecule has 1 saturated carbocycles. The van der Waals surface area contributed by atoms with Crippen molar-refractivity contribution in [3.63, 3.8) is 0 Å². The Labute approximate surface area is 118 Å². The number of carbonyl (C=O) groups is 1. The number of carbonyl (C=O) groups excluding carboxylic acids is 1. The van der Waals surface area contributed by atoms with Gasteiger partial charge in [0.05, 0.1) is 6.04 Å². The number of likely N-dealkylation sites (tertiary alicyclic amines) is 1. The zero-order valence-corrected chi connectivity index (χ0v) is 12.7. The first-order valence-corrected chi connectivity index (χ1v) is 8.23. The molecule has 3 nitrogen and oxygen atoms in total. The van der Waals surface area contributed by atoms with Crippen LogP contribution in [-0.4, -0.2) is 36.5 Å². The van der Waals surface area contributed by atoms with E-state index >= 15 is 0 Å². The maximum Gasteiger partial charge on any atom is 0.239 e. The van der Waals surface area contributed by atoms with Gasteiger partial charge in [0.15, 0.2) is 0 Å². The van der Waals surface area contributed by atoms with E-state index in [1.165, 1.54) is 25.7 Å². The lowest BCUT2D eigenvalue weighted by Crippen LogP contribution is -2.52. The fourth-order valence-corrected chi connectivity index (χ4v) is 3.45. The van der Waals surface area contributed by atoms with Crippen LogP contribution in [0.4, 0.5) is 0 Å². The fraction of sp³-hybridized carbons (Fsp3) is 0.938. The lowest BCUT2D eigenvalue weighted by molar-refractivity contribution is -0.136. The minimum atomic E-state index is 0.0937. The van der Waals surface area contributed by atoms with E-state index in [0.29, 0.717) is 5.91 Å². The highest BCUT2D eigenvalue weighted by Gasteiger charge is 2.30. The first kappa shape index (κ1) is 14.8. The molecule has 0 spiro atoms. The summed E-state index contributed by atoms with van der Waals surface area (Å²) in [5, 5.41) is 3.40. The Hall–Kier alpha value is -0.570. The van der Waals surface area contributed by atoms with Crippen LogP contribution in [0.25, 0.3) is 0 Å². The lowest BCUT2D eigenvalue weighted by atomic mass is 9.82. The molecule has 0 aromatic rings. The van der Waals surface area contributed by atoms with Crippen LogP contribution in [0.2, 0.25) is 0 Å². The summed E-state index contributed by atoms with van der Waals surface area (Å²) in [6.07, 6.45) is 8.63. The Kier molecular flexibility index (Phi) is 5.68. The minimum Gasteiger partial charge on any atom is -0.341 e. The molecule has 1 N–H and O–H groups in total. The van der Waals surface area contributed by atoms with Crippen LogP contribution >= 0.6 is 0 Å². The second-order valence-corrected chi connectivity index (χ2v) is 6.56. The zero-order valence-electron chi connectivity index (χ0n) is 12.7. The smallest absolute Gasteiger partial charge is 0.239 e. The number of nitrogens with one attached hydrogen (secondary N) is 1. The Morgan fingerprint density at radius 1 is 1.21 bits per heavy atom. The monoisotopic (exact) mass is 266 g/mol. The van der Waals surface area contributed by atoms with Crippen LogP contribution in [0.5, 0.6) is 0 Å². The van der Waals surface area contributed by atoms with Gasteiger partial charge >= 0.3 is 0 Å². The highest BCUT2D eigenvalue weighted by atomic mass is 16.2. The average molecular weight is 266 g/mol. The van der Waals surface area contributed by atoms with Gasteiger partial charge in [0.2, 0.25) is 5.91 Å². The summed E-state index contributed by atoms with van der Waals surface area (Å²) in [6, 6.07) is 0.0937. The van der Waals surface area contributed by atoms with E-state index in [1.54, 1.807) is 0 Å². The van der Waals surface area contributed by atoms with Crippen molar-refractivity contribution in [1.82, 2.24) is 10.2 Å². The van der Waals surface area contributed by atoms with Crippen LogP contribution in [0.3, 0.4) is 0 Å². The molecule has 2 rings (SSSR count). The van der Waals surface area contributed by atoms with E-state index in [4.69, 9.17) is 0 Å². The predicted molar refractivity (Wildman–Crippen MR) is 79.0 cm³/mol. The van der Waals surface area contributed by atoms with Crippen LogP contribution in [0, 0.1) is 11.8 Å². The molecule has 2 aliphatic rings. The Bertz CT molecular complexity index is 284. The normalized spacial score (nSPS) is 32.6. The van der Waals surface area contributed by atoms with Crippen LogP contribution < -0.4 is 5.32 Å². The Morgan fingerprint density at radius 3 is 2.63 bits per heavy atom. The zero-order chi connectivity index (χ0) is 13.7. The molecule has 110 valence electrons. The molecule has 1 aliphatic heterocycles. The molecule has 1 aliphatic carbocycles. The van der Waals surface area contributed by atoms with Crippen molar-refractivity contribution in [2.45, 2.75) is 64.8 Å². The van der Waals surface area contributed by atoms with Crippen LogP contribution in [0.15, 0.2) is 0 Å². The van der Waals surface area contributed by atoms with Gasteiger partial charge in [-0.15, -0.1) is 0 Å². The van der Waals surface area contributed by atoms with Gasteiger partial charge in [0.1, 0.15) is 0 Å². The minimum absolute atomic E-state index is 0.0937. The molecule has 0 aromatic heterocycles. The quantitative estimate of drug-likeness (QED) is 0.830. The van der Waals surface area contributed by atoms with E-state index in [-0.39, 0.29) is 6.04 Å². The summed E-state index contributed by atoms with van der Waals surface area (Å²) in [7, 11) is 0. The molecule has 1 saturated heterocycles. The van der Waals surface area contributed by atoms with Gasteiger partial charge in [0, 0.05) is 13.1 Å². The first-order chi connectivity index (χ1) is 9.20. The molecule has 1 atom stereocenters. The van der Waals surface area contributed by atoms with Gasteiger partial charge < -0.3 is 10.2 Å². The van der Waals surface area contributed by atoms with Gasteiger partial charge in [-0.05, 0) is 50.5 Å². The van der Waals surface area contributed by atoms with Gasteiger partial charge in [-0.2, -0.15) is 0 Å². The van der Waals surface area contributed by atoms with Gasteiger partial charge in [-0.3, -0.25) is 4.79 Å². The van der Waals surface area contributed by atoms with Crippen molar-refractivity contribution in [2.75, 3.05) is 19.6 Å². The fourth-order valence-electron chi connectivity index (χ4n) is 3.45. The molecule has 0 bridgehead atoms. The highest BCUT2D eigenvalue weighted by Crippen LogP contribution is 2.29. The molecule has 19 heavy (non-hydrogen) atoms. The maximum atomic E-state index is 12.4. The second-order valence-electron chi connectivity index (χ2n) is 6.56. The number of piperidine rings is 1. The molecular weight excluding hydrogens is 236 g/mol. The van der Waals surface area contributed by atoms with Crippen molar-refractivity contribution < 1.29 is 4.79 Å². The first-order valence-electron chi connectivity index (χ1n) is 8.23. The molecule has 0 radical (unpaired) electrons. The Morgan fingerprint density at radius 2 is 1.95 bits per heavy atom.